The molecule has 1 saturated heterocycles. The van der Waals surface area contributed by atoms with Gasteiger partial charge in [-0.05, 0) is 38.5 Å². The molecule has 0 bridgehead atoms. The van der Waals surface area contributed by atoms with Crippen LogP contribution in [0.2, 0.25) is 0 Å². The van der Waals surface area contributed by atoms with Gasteiger partial charge in [-0.15, -0.1) is 11.8 Å². The molecule has 0 saturated carbocycles. The second kappa shape index (κ2) is 12.1. The van der Waals surface area contributed by atoms with Crippen LogP contribution >= 0.6 is 11.8 Å². The van der Waals surface area contributed by atoms with Crippen molar-refractivity contribution in [2.24, 2.45) is 11.3 Å². The summed E-state index contributed by atoms with van der Waals surface area (Å²) in [5.41, 5.74) is 1.22. The molecule has 1 heterocycles. The number of carbonyl (C=O) groups excluding carboxylic acids is 3. The van der Waals surface area contributed by atoms with Gasteiger partial charge in [0.1, 0.15) is 5.92 Å². The molecule has 2 rings (SSSR count). The quantitative estimate of drug-likeness (QED) is 0.524. The molecule has 3 amide bonds. The molecule has 0 aliphatic carbocycles. The number of nitrogens with one attached hydrogen (secondary N) is 2. The summed E-state index contributed by atoms with van der Waals surface area (Å²) in [5, 5.41) is 15.1. The van der Waals surface area contributed by atoms with Crippen LogP contribution in [-0.4, -0.2) is 59.9 Å². The molecule has 2 N–H and O–H groups in total. The summed E-state index contributed by atoms with van der Waals surface area (Å²) in [7, 11) is 1.77. The lowest BCUT2D eigenvalue weighted by molar-refractivity contribution is -0.131. The van der Waals surface area contributed by atoms with Crippen molar-refractivity contribution < 1.29 is 14.4 Å². The molecule has 3 unspecified atom stereocenters. The van der Waals surface area contributed by atoms with Gasteiger partial charge in [0.25, 0.3) is 0 Å². The fourth-order valence-electron chi connectivity index (χ4n) is 3.89. The van der Waals surface area contributed by atoms with Gasteiger partial charge in [-0.1, -0.05) is 26.8 Å². The zero-order valence-electron chi connectivity index (χ0n) is 21.1. The average molecular weight is 488 g/mol. The highest BCUT2D eigenvalue weighted by atomic mass is 32.2. The van der Waals surface area contributed by atoms with Crippen LogP contribution < -0.4 is 15.5 Å². The third kappa shape index (κ3) is 6.89. The van der Waals surface area contributed by atoms with Crippen LogP contribution in [0.4, 0.5) is 11.4 Å². The van der Waals surface area contributed by atoms with Gasteiger partial charge >= 0.3 is 0 Å². The Hall–Kier alpha value is -2.73. The van der Waals surface area contributed by atoms with E-state index in [-0.39, 0.29) is 28.3 Å². The van der Waals surface area contributed by atoms with Crippen molar-refractivity contribution in [3.63, 3.8) is 0 Å². The van der Waals surface area contributed by atoms with Crippen molar-refractivity contribution in [3.8, 4) is 6.07 Å². The van der Waals surface area contributed by atoms with Crippen LogP contribution in [0, 0.1) is 22.7 Å². The first-order valence-corrected chi connectivity index (χ1v) is 12.7. The maximum absolute atomic E-state index is 12.9. The summed E-state index contributed by atoms with van der Waals surface area (Å²) >= 11 is 1.53. The van der Waals surface area contributed by atoms with Crippen molar-refractivity contribution in [1.82, 2.24) is 10.2 Å². The van der Waals surface area contributed by atoms with Gasteiger partial charge in [-0.2, -0.15) is 5.26 Å². The van der Waals surface area contributed by atoms with Crippen LogP contribution in [0.15, 0.2) is 24.3 Å². The minimum atomic E-state index is -0.772. The van der Waals surface area contributed by atoms with Gasteiger partial charge in [0.2, 0.25) is 17.7 Å². The highest BCUT2D eigenvalue weighted by Gasteiger charge is 2.40. The first-order chi connectivity index (χ1) is 16.0. The number of benzene rings is 1. The molecule has 1 aliphatic heterocycles. The van der Waals surface area contributed by atoms with E-state index in [1.807, 2.05) is 58.9 Å². The highest BCUT2D eigenvalue weighted by Crippen LogP contribution is 2.37. The van der Waals surface area contributed by atoms with Crippen LogP contribution in [0.5, 0.6) is 0 Å². The molecule has 0 radical (unpaired) electrons. The minimum absolute atomic E-state index is 0.0339. The smallest absolute Gasteiger partial charge is 0.237 e. The zero-order chi connectivity index (χ0) is 25.5. The Kier molecular flexibility index (Phi) is 9.80. The van der Waals surface area contributed by atoms with Crippen molar-refractivity contribution in [2.45, 2.75) is 58.1 Å². The molecule has 186 valence electrons. The number of rotatable bonds is 10. The molecular formula is C25H37N5O3S. The fourth-order valence-corrected chi connectivity index (χ4v) is 5.48. The minimum Gasteiger partial charge on any atom is -0.385 e. The van der Waals surface area contributed by atoms with Crippen molar-refractivity contribution in [1.29, 1.82) is 5.26 Å². The van der Waals surface area contributed by atoms with Gasteiger partial charge in [-0.3, -0.25) is 14.4 Å². The standard InChI is InChI=1S/C25H37N5O3S/c1-7-27-22(31)17(16-26)14-21-30(8-2)23(32)20(34-21)12-13-28-18-10-9-11-19(15-18)29(6)24(33)25(3,4)5/h9-11,15,17,20-21,28H,7-8,12-14H2,1-6H3,(H,27,31). The first kappa shape index (κ1) is 27.5. The first-order valence-electron chi connectivity index (χ1n) is 11.8. The van der Waals surface area contributed by atoms with Crippen molar-refractivity contribution in [2.75, 3.05) is 36.9 Å². The molecule has 9 heteroatoms. The Labute approximate surface area is 207 Å². The molecule has 1 aromatic carbocycles. The predicted octanol–water partition coefficient (Wildman–Crippen LogP) is 3.45. The van der Waals surface area contributed by atoms with Gasteiger partial charge in [0.15, 0.2) is 0 Å². The Morgan fingerprint density at radius 3 is 2.59 bits per heavy atom. The maximum Gasteiger partial charge on any atom is 0.237 e. The summed E-state index contributed by atoms with van der Waals surface area (Å²) in [6.07, 6.45) is 0.947. The average Bonchev–Trinajstić information content (AvgIpc) is 3.10. The number of nitriles is 1. The summed E-state index contributed by atoms with van der Waals surface area (Å²) in [6, 6.07) is 9.75. The number of hydrogen-bond acceptors (Lipinski definition) is 6. The van der Waals surface area contributed by atoms with E-state index in [0.29, 0.717) is 32.5 Å². The Bertz CT molecular complexity index is 924. The molecular weight excluding hydrogens is 450 g/mol. The van der Waals surface area contributed by atoms with Crippen LogP contribution in [-0.2, 0) is 14.4 Å². The molecule has 1 aliphatic rings. The van der Waals surface area contributed by atoms with Crippen LogP contribution in [0.25, 0.3) is 0 Å². The lowest BCUT2D eigenvalue weighted by Gasteiger charge is -2.26. The topological polar surface area (TPSA) is 106 Å². The van der Waals surface area contributed by atoms with E-state index in [2.05, 4.69) is 16.7 Å². The third-order valence-electron chi connectivity index (χ3n) is 5.74. The monoisotopic (exact) mass is 487 g/mol. The Morgan fingerprint density at radius 1 is 1.29 bits per heavy atom. The van der Waals surface area contributed by atoms with E-state index in [9.17, 15) is 19.6 Å². The number of hydrogen-bond donors (Lipinski definition) is 2. The Balaban J connectivity index is 1.97. The molecule has 3 atom stereocenters. The molecule has 1 aromatic rings. The van der Waals surface area contributed by atoms with E-state index < -0.39 is 11.3 Å². The largest absolute Gasteiger partial charge is 0.385 e. The summed E-state index contributed by atoms with van der Waals surface area (Å²) in [4.78, 5) is 41.1. The van der Waals surface area contributed by atoms with Crippen molar-refractivity contribution >= 4 is 40.9 Å². The highest BCUT2D eigenvalue weighted by molar-refractivity contribution is 8.01. The molecule has 0 aromatic heterocycles. The maximum atomic E-state index is 12.9. The van der Waals surface area contributed by atoms with E-state index in [4.69, 9.17) is 0 Å². The van der Waals surface area contributed by atoms with Gasteiger partial charge in [-0.25, -0.2) is 0 Å². The van der Waals surface area contributed by atoms with Gasteiger partial charge in [0.05, 0.1) is 16.7 Å². The second-order valence-corrected chi connectivity index (χ2v) is 10.8. The SMILES string of the molecule is CCNC(=O)C(C#N)CC1SC(CCNc2cccc(N(C)C(=O)C(C)(C)C)c2)C(=O)N1CC. The summed E-state index contributed by atoms with van der Waals surface area (Å²) in [6.45, 7) is 11.0. The molecule has 0 spiro atoms. The zero-order valence-corrected chi connectivity index (χ0v) is 21.9. The normalized spacial score (nSPS) is 18.9. The van der Waals surface area contributed by atoms with E-state index in [1.165, 1.54) is 11.8 Å². The summed E-state index contributed by atoms with van der Waals surface area (Å²) < 4.78 is 0. The fraction of sp³-hybridized carbons (Fsp3) is 0.600. The van der Waals surface area contributed by atoms with Gasteiger partial charge < -0.3 is 20.4 Å². The number of amides is 3. The molecule has 1 fully saturated rings. The lowest BCUT2D eigenvalue weighted by Crippen LogP contribution is -2.38. The molecule has 34 heavy (non-hydrogen) atoms. The Morgan fingerprint density at radius 2 is 2.00 bits per heavy atom. The van der Waals surface area contributed by atoms with Crippen LogP contribution in [0.1, 0.15) is 47.5 Å². The van der Waals surface area contributed by atoms with E-state index in [1.54, 1.807) is 16.8 Å². The van der Waals surface area contributed by atoms with E-state index >= 15 is 0 Å². The lowest BCUT2D eigenvalue weighted by atomic mass is 9.94. The number of nitrogens with zero attached hydrogens (tertiary/aromatic N) is 3. The molecule has 8 nitrogen and oxygen atoms in total. The van der Waals surface area contributed by atoms with Crippen LogP contribution in [0.3, 0.4) is 0 Å². The van der Waals surface area contributed by atoms with E-state index in [0.717, 1.165) is 11.4 Å². The number of thioether (sulfide) groups is 1. The predicted molar refractivity (Wildman–Crippen MR) is 137 cm³/mol. The van der Waals surface area contributed by atoms with Crippen molar-refractivity contribution in [3.05, 3.63) is 24.3 Å². The number of carbonyl (C=O) groups is 3. The summed E-state index contributed by atoms with van der Waals surface area (Å²) in [5.74, 6) is -0.969. The van der Waals surface area contributed by atoms with Gasteiger partial charge in [0, 0.05) is 49.9 Å². The number of anilines is 2. The second-order valence-electron chi connectivity index (χ2n) is 9.40. The third-order valence-corrected chi connectivity index (χ3v) is 7.27.